The summed E-state index contributed by atoms with van der Waals surface area (Å²) in [6.07, 6.45) is 1.02. The smallest absolute Gasteiger partial charge is 0.208 e. The van der Waals surface area contributed by atoms with Crippen LogP contribution in [-0.2, 0) is 4.74 Å². The van der Waals surface area contributed by atoms with Crippen LogP contribution in [0.25, 0.3) is 0 Å². The number of aliphatic imine (C=N–C) groups is 1. The van der Waals surface area contributed by atoms with Crippen LogP contribution in [0, 0.1) is 0 Å². The zero-order valence-corrected chi connectivity index (χ0v) is 9.42. The Hall–Kier alpha value is -0.810. The van der Waals surface area contributed by atoms with E-state index in [1.807, 2.05) is 18.9 Å². The van der Waals surface area contributed by atoms with E-state index in [4.69, 9.17) is 10.6 Å². The largest absolute Gasteiger partial charge is 0.380 e. The number of hydrogen-bond acceptors (Lipinski definition) is 3. The summed E-state index contributed by atoms with van der Waals surface area (Å²) in [5, 5.41) is 0. The summed E-state index contributed by atoms with van der Waals surface area (Å²) >= 11 is 0. The Balaban J connectivity index is 3.84. The van der Waals surface area contributed by atoms with Crippen LogP contribution in [-0.4, -0.2) is 44.2 Å². The molecule has 0 aliphatic carbocycles. The van der Waals surface area contributed by atoms with Gasteiger partial charge in [-0.2, -0.15) is 0 Å². The van der Waals surface area contributed by atoms with Gasteiger partial charge in [-0.1, -0.05) is 6.92 Å². The highest BCUT2D eigenvalue weighted by Crippen LogP contribution is 1.87. The lowest BCUT2D eigenvalue weighted by Gasteiger charge is -2.20. The second-order valence-electron chi connectivity index (χ2n) is 2.97. The molecule has 5 heteroatoms. The van der Waals surface area contributed by atoms with Gasteiger partial charge in [0.1, 0.15) is 0 Å². The molecular weight excluding hydrogens is 180 g/mol. The molecule has 0 bridgehead atoms. The quantitative estimate of drug-likeness (QED) is 0.212. The minimum Gasteiger partial charge on any atom is -0.380 e. The molecule has 0 aliphatic rings. The van der Waals surface area contributed by atoms with Gasteiger partial charge in [0.15, 0.2) is 0 Å². The van der Waals surface area contributed by atoms with Gasteiger partial charge >= 0.3 is 0 Å². The molecule has 0 spiro atoms. The van der Waals surface area contributed by atoms with Crippen LogP contribution in [0.2, 0.25) is 0 Å². The molecule has 0 rings (SSSR count). The summed E-state index contributed by atoms with van der Waals surface area (Å²) in [6, 6.07) is 0. The van der Waals surface area contributed by atoms with E-state index in [2.05, 4.69) is 17.3 Å². The molecule has 5 nitrogen and oxygen atoms in total. The Morgan fingerprint density at radius 1 is 1.50 bits per heavy atom. The Kier molecular flexibility index (Phi) is 8.27. The lowest BCUT2D eigenvalue weighted by Crippen LogP contribution is -2.44. The predicted molar refractivity (Wildman–Crippen MR) is 59.0 cm³/mol. The molecule has 0 unspecified atom stereocenters. The molecule has 0 amide bonds. The molecule has 14 heavy (non-hydrogen) atoms. The van der Waals surface area contributed by atoms with Gasteiger partial charge < -0.3 is 9.64 Å². The first kappa shape index (κ1) is 13.2. The van der Waals surface area contributed by atoms with Crippen molar-refractivity contribution in [2.75, 3.05) is 33.4 Å². The highest BCUT2D eigenvalue weighted by Gasteiger charge is 2.02. The van der Waals surface area contributed by atoms with E-state index in [9.17, 15) is 0 Å². The van der Waals surface area contributed by atoms with Crippen LogP contribution in [0.1, 0.15) is 20.3 Å². The summed E-state index contributed by atoms with van der Waals surface area (Å²) in [7, 11) is 1.94. The van der Waals surface area contributed by atoms with Crippen molar-refractivity contribution in [2.45, 2.75) is 20.3 Å². The molecular formula is C9H22N4O. The zero-order valence-electron chi connectivity index (χ0n) is 9.42. The lowest BCUT2D eigenvalue weighted by molar-refractivity contribution is 0.136. The van der Waals surface area contributed by atoms with Crippen molar-refractivity contribution in [3.8, 4) is 0 Å². The fourth-order valence-electron chi connectivity index (χ4n) is 0.946. The minimum atomic E-state index is 0.694. The van der Waals surface area contributed by atoms with Crippen molar-refractivity contribution >= 4 is 5.96 Å². The van der Waals surface area contributed by atoms with Gasteiger partial charge in [-0.05, 0) is 13.3 Å². The highest BCUT2D eigenvalue weighted by atomic mass is 16.5. The lowest BCUT2D eigenvalue weighted by atomic mass is 10.5. The van der Waals surface area contributed by atoms with Gasteiger partial charge in [-0.25, -0.2) is 5.84 Å². The van der Waals surface area contributed by atoms with E-state index in [0.29, 0.717) is 12.6 Å². The molecule has 0 aromatic carbocycles. The Morgan fingerprint density at radius 2 is 2.21 bits per heavy atom. The van der Waals surface area contributed by atoms with Gasteiger partial charge in [0.25, 0.3) is 0 Å². The fraction of sp³-hybridized carbons (Fsp3) is 0.889. The SMILES string of the molecule is CCCN=C(NN)N(C)CCOCC. The third-order valence-corrected chi connectivity index (χ3v) is 1.75. The molecule has 0 atom stereocenters. The minimum absolute atomic E-state index is 0.694. The highest BCUT2D eigenvalue weighted by molar-refractivity contribution is 5.79. The summed E-state index contributed by atoms with van der Waals surface area (Å²) in [5.41, 5.74) is 2.58. The number of nitrogens with zero attached hydrogens (tertiary/aromatic N) is 2. The first-order chi connectivity index (χ1) is 6.76. The standard InChI is InChI=1S/C9H22N4O/c1-4-6-11-9(12-10)13(3)7-8-14-5-2/h4-8,10H2,1-3H3,(H,11,12). The first-order valence-electron chi connectivity index (χ1n) is 5.06. The van der Waals surface area contributed by atoms with E-state index in [1.54, 1.807) is 0 Å². The number of likely N-dealkylation sites (N-methyl/N-ethyl adjacent to an activating group) is 1. The molecule has 0 saturated heterocycles. The number of rotatable bonds is 6. The van der Waals surface area contributed by atoms with Crippen LogP contribution in [0.15, 0.2) is 4.99 Å². The Bertz CT molecular complexity index is 161. The van der Waals surface area contributed by atoms with Crippen LogP contribution < -0.4 is 11.3 Å². The summed E-state index contributed by atoms with van der Waals surface area (Å²) in [6.45, 7) is 7.08. The monoisotopic (exact) mass is 202 g/mol. The van der Waals surface area contributed by atoms with E-state index in [0.717, 1.165) is 26.1 Å². The predicted octanol–water partition coefficient (Wildman–Crippen LogP) is 0.184. The van der Waals surface area contributed by atoms with Crippen molar-refractivity contribution in [3.05, 3.63) is 0 Å². The summed E-state index contributed by atoms with van der Waals surface area (Å²) in [5.74, 6) is 6.07. The van der Waals surface area contributed by atoms with Crippen molar-refractivity contribution in [3.63, 3.8) is 0 Å². The van der Waals surface area contributed by atoms with Crippen LogP contribution in [0.4, 0.5) is 0 Å². The maximum atomic E-state index is 5.36. The maximum Gasteiger partial charge on any atom is 0.208 e. The zero-order chi connectivity index (χ0) is 10.8. The van der Waals surface area contributed by atoms with Crippen LogP contribution in [0.3, 0.4) is 0 Å². The molecule has 0 aromatic rings. The normalized spacial score (nSPS) is 11.6. The molecule has 84 valence electrons. The van der Waals surface area contributed by atoms with Gasteiger partial charge in [0, 0.05) is 26.7 Å². The number of hydrazine groups is 1. The molecule has 0 saturated carbocycles. The number of ether oxygens (including phenoxy) is 1. The topological polar surface area (TPSA) is 62.9 Å². The molecule has 0 heterocycles. The second kappa shape index (κ2) is 8.77. The number of nitrogens with two attached hydrogens (primary N) is 1. The van der Waals surface area contributed by atoms with Crippen LogP contribution >= 0.6 is 0 Å². The van der Waals surface area contributed by atoms with Gasteiger partial charge in [-0.3, -0.25) is 10.4 Å². The average Bonchev–Trinajstić information content (AvgIpc) is 2.19. The number of guanidine groups is 1. The third-order valence-electron chi connectivity index (χ3n) is 1.75. The Labute approximate surface area is 86.3 Å². The molecule has 0 aliphatic heterocycles. The third kappa shape index (κ3) is 5.77. The van der Waals surface area contributed by atoms with Crippen molar-refractivity contribution in [1.29, 1.82) is 0 Å². The second-order valence-corrected chi connectivity index (χ2v) is 2.97. The molecule has 3 N–H and O–H groups in total. The molecule has 0 fully saturated rings. The van der Waals surface area contributed by atoms with Crippen molar-refractivity contribution in [1.82, 2.24) is 10.3 Å². The van der Waals surface area contributed by atoms with E-state index in [1.165, 1.54) is 0 Å². The van der Waals surface area contributed by atoms with E-state index >= 15 is 0 Å². The average molecular weight is 202 g/mol. The number of hydrogen-bond donors (Lipinski definition) is 2. The fourth-order valence-corrected chi connectivity index (χ4v) is 0.946. The van der Waals surface area contributed by atoms with Gasteiger partial charge in [0.05, 0.1) is 6.61 Å². The van der Waals surface area contributed by atoms with Gasteiger partial charge in [0.2, 0.25) is 5.96 Å². The van der Waals surface area contributed by atoms with E-state index < -0.39 is 0 Å². The van der Waals surface area contributed by atoms with Crippen molar-refractivity contribution in [2.24, 2.45) is 10.8 Å². The summed E-state index contributed by atoms with van der Waals surface area (Å²) < 4.78 is 5.24. The van der Waals surface area contributed by atoms with Gasteiger partial charge in [-0.15, -0.1) is 0 Å². The first-order valence-corrected chi connectivity index (χ1v) is 5.06. The van der Waals surface area contributed by atoms with Crippen LogP contribution in [0.5, 0.6) is 0 Å². The summed E-state index contributed by atoms with van der Waals surface area (Å²) in [4.78, 5) is 6.24. The molecule has 0 aromatic heterocycles. The molecule has 0 radical (unpaired) electrons. The van der Waals surface area contributed by atoms with Crippen molar-refractivity contribution < 1.29 is 4.74 Å². The Morgan fingerprint density at radius 3 is 2.71 bits per heavy atom. The maximum absolute atomic E-state index is 5.36. The van der Waals surface area contributed by atoms with E-state index in [-0.39, 0.29) is 0 Å². The number of nitrogens with one attached hydrogen (secondary N) is 1.